The molecule has 0 aliphatic carbocycles. The number of anilines is 1. The zero-order valence-corrected chi connectivity index (χ0v) is 12.1. The molecule has 0 saturated heterocycles. The van der Waals surface area contributed by atoms with Gasteiger partial charge in [-0.1, -0.05) is 23.7 Å². The van der Waals surface area contributed by atoms with E-state index in [0.29, 0.717) is 16.5 Å². The molecule has 0 saturated carbocycles. The van der Waals surface area contributed by atoms with Gasteiger partial charge in [-0.25, -0.2) is 9.97 Å². The van der Waals surface area contributed by atoms with Crippen LogP contribution in [-0.4, -0.2) is 22.9 Å². The summed E-state index contributed by atoms with van der Waals surface area (Å²) in [5.74, 6) is 0.478. The zero-order chi connectivity index (χ0) is 14.7. The maximum atomic E-state index is 7.58. The van der Waals surface area contributed by atoms with Crippen molar-refractivity contribution in [3.63, 3.8) is 0 Å². The second-order valence-corrected chi connectivity index (χ2v) is 4.92. The van der Waals surface area contributed by atoms with Crippen molar-refractivity contribution in [3.05, 3.63) is 52.9 Å². The molecule has 1 aromatic carbocycles. The van der Waals surface area contributed by atoms with Gasteiger partial charge in [0.05, 0.1) is 6.04 Å². The number of nitrogens with two attached hydrogens (primary N) is 1. The van der Waals surface area contributed by atoms with Crippen LogP contribution in [0.3, 0.4) is 0 Å². The third kappa shape index (κ3) is 2.88. The minimum Gasteiger partial charge on any atom is -0.382 e. The van der Waals surface area contributed by atoms with E-state index in [1.165, 1.54) is 6.20 Å². The van der Waals surface area contributed by atoms with E-state index in [4.69, 9.17) is 22.7 Å². The molecular weight excluding hydrogens is 274 g/mol. The molecule has 0 spiro atoms. The number of nitrogens with one attached hydrogen (secondary N) is 1. The lowest BCUT2D eigenvalue weighted by Gasteiger charge is -2.27. The first-order valence-corrected chi connectivity index (χ1v) is 6.52. The Morgan fingerprint density at radius 3 is 2.70 bits per heavy atom. The van der Waals surface area contributed by atoms with Crippen LogP contribution >= 0.6 is 11.6 Å². The fourth-order valence-electron chi connectivity index (χ4n) is 1.95. The molecule has 0 aliphatic heterocycles. The number of benzene rings is 1. The Kier molecular flexibility index (Phi) is 4.20. The SMILES string of the molecule is CC(c1cccc(Cl)c1)N(C)c1nccnc1C(=N)N. The summed E-state index contributed by atoms with van der Waals surface area (Å²) in [6.45, 7) is 2.03. The molecule has 0 radical (unpaired) electrons. The summed E-state index contributed by atoms with van der Waals surface area (Å²) >= 11 is 6.02. The first-order valence-electron chi connectivity index (χ1n) is 6.14. The van der Waals surface area contributed by atoms with Gasteiger partial charge in [-0.2, -0.15) is 0 Å². The summed E-state index contributed by atoms with van der Waals surface area (Å²) < 4.78 is 0. The monoisotopic (exact) mass is 289 g/mol. The number of nitrogen functional groups attached to an aromatic ring is 1. The number of amidine groups is 1. The second-order valence-electron chi connectivity index (χ2n) is 4.48. The predicted molar refractivity (Wildman–Crippen MR) is 81.3 cm³/mol. The first-order chi connectivity index (χ1) is 9.50. The van der Waals surface area contributed by atoms with Crippen LogP contribution in [0.25, 0.3) is 0 Å². The number of nitrogens with zero attached hydrogens (tertiary/aromatic N) is 3. The molecule has 20 heavy (non-hydrogen) atoms. The summed E-state index contributed by atoms with van der Waals surface area (Å²) in [5.41, 5.74) is 6.98. The Hall–Kier alpha value is -2.14. The van der Waals surface area contributed by atoms with Crippen molar-refractivity contribution in [2.24, 2.45) is 5.73 Å². The Morgan fingerprint density at radius 1 is 1.35 bits per heavy atom. The maximum absolute atomic E-state index is 7.58. The van der Waals surface area contributed by atoms with Crippen LogP contribution in [0.2, 0.25) is 5.02 Å². The molecule has 1 heterocycles. The summed E-state index contributed by atoms with van der Waals surface area (Å²) in [6.07, 6.45) is 3.11. The van der Waals surface area contributed by atoms with Crippen molar-refractivity contribution in [1.29, 1.82) is 5.41 Å². The smallest absolute Gasteiger partial charge is 0.158 e. The molecule has 2 rings (SSSR count). The van der Waals surface area contributed by atoms with Crippen molar-refractivity contribution < 1.29 is 0 Å². The highest BCUT2D eigenvalue weighted by Crippen LogP contribution is 2.26. The second kappa shape index (κ2) is 5.88. The van der Waals surface area contributed by atoms with Gasteiger partial charge < -0.3 is 10.6 Å². The molecule has 0 aliphatic rings. The lowest BCUT2D eigenvalue weighted by Crippen LogP contribution is -2.27. The van der Waals surface area contributed by atoms with E-state index in [-0.39, 0.29) is 11.9 Å². The standard InChI is InChI=1S/C14H16ClN5/c1-9(10-4-3-5-11(15)8-10)20(2)14-12(13(16)17)18-6-7-19-14/h3-9H,1-2H3,(H3,16,17). The molecule has 1 aromatic heterocycles. The van der Waals surface area contributed by atoms with Crippen LogP contribution in [0.1, 0.15) is 24.2 Å². The third-order valence-electron chi connectivity index (χ3n) is 3.18. The lowest BCUT2D eigenvalue weighted by atomic mass is 10.1. The summed E-state index contributed by atoms with van der Waals surface area (Å²) in [6, 6.07) is 7.68. The normalized spacial score (nSPS) is 11.9. The minimum absolute atomic E-state index is 0.0310. The van der Waals surface area contributed by atoms with Gasteiger partial charge in [-0.3, -0.25) is 5.41 Å². The largest absolute Gasteiger partial charge is 0.382 e. The molecule has 6 heteroatoms. The van der Waals surface area contributed by atoms with Crippen LogP contribution in [0.4, 0.5) is 5.82 Å². The summed E-state index contributed by atoms with van der Waals surface area (Å²) in [7, 11) is 1.89. The van der Waals surface area contributed by atoms with E-state index >= 15 is 0 Å². The van der Waals surface area contributed by atoms with E-state index in [1.54, 1.807) is 6.20 Å². The molecule has 0 fully saturated rings. The highest BCUT2D eigenvalue weighted by atomic mass is 35.5. The average molecular weight is 290 g/mol. The maximum Gasteiger partial charge on any atom is 0.158 e. The predicted octanol–water partition coefficient (Wildman–Crippen LogP) is 2.61. The van der Waals surface area contributed by atoms with Crippen LogP contribution in [0.15, 0.2) is 36.7 Å². The molecule has 104 valence electrons. The molecule has 3 N–H and O–H groups in total. The summed E-state index contributed by atoms with van der Waals surface area (Å²) in [5, 5.41) is 8.27. The number of hydrogen-bond donors (Lipinski definition) is 2. The van der Waals surface area contributed by atoms with Crippen LogP contribution in [0, 0.1) is 5.41 Å². The number of rotatable bonds is 4. The molecule has 1 atom stereocenters. The van der Waals surface area contributed by atoms with Gasteiger partial charge in [0.1, 0.15) is 11.5 Å². The van der Waals surface area contributed by atoms with Crippen molar-refractivity contribution in [2.75, 3.05) is 11.9 Å². The third-order valence-corrected chi connectivity index (χ3v) is 3.42. The lowest BCUT2D eigenvalue weighted by molar-refractivity contribution is 0.725. The number of hydrogen-bond acceptors (Lipinski definition) is 4. The molecule has 2 aromatic rings. The molecule has 1 unspecified atom stereocenters. The molecular formula is C14H16ClN5. The van der Waals surface area contributed by atoms with Crippen LogP contribution in [-0.2, 0) is 0 Å². The topological polar surface area (TPSA) is 78.9 Å². The van der Waals surface area contributed by atoms with Crippen molar-refractivity contribution in [1.82, 2.24) is 9.97 Å². The van der Waals surface area contributed by atoms with Gasteiger partial charge in [0.2, 0.25) is 0 Å². The Labute approximate surface area is 122 Å². The summed E-state index contributed by atoms with van der Waals surface area (Å²) in [4.78, 5) is 10.3. The van der Waals surface area contributed by atoms with Crippen molar-refractivity contribution >= 4 is 23.3 Å². The van der Waals surface area contributed by atoms with Gasteiger partial charge in [0.15, 0.2) is 5.82 Å². The van der Waals surface area contributed by atoms with E-state index in [1.807, 2.05) is 43.1 Å². The number of halogens is 1. The first kappa shape index (κ1) is 14.3. The Balaban J connectivity index is 2.36. The van der Waals surface area contributed by atoms with Gasteiger partial charge in [0, 0.05) is 24.5 Å². The Bertz CT molecular complexity index is 628. The zero-order valence-electron chi connectivity index (χ0n) is 11.3. The van der Waals surface area contributed by atoms with E-state index in [9.17, 15) is 0 Å². The number of aromatic nitrogens is 2. The van der Waals surface area contributed by atoms with E-state index < -0.39 is 0 Å². The highest BCUT2D eigenvalue weighted by Gasteiger charge is 2.18. The fraction of sp³-hybridized carbons (Fsp3) is 0.214. The fourth-order valence-corrected chi connectivity index (χ4v) is 2.15. The molecule has 0 amide bonds. The van der Waals surface area contributed by atoms with Gasteiger partial charge in [0.25, 0.3) is 0 Å². The van der Waals surface area contributed by atoms with Crippen molar-refractivity contribution in [2.45, 2.75) is 13.0 Å². The van der Waals surface area contributed by atoms with Gasteiger partial charge in [-0.15, -0.1) is 0 Å². The van der Waals surface area contributed by atoms with E-state index in [2.05, 4.69) is 9.97 Å². The van der Waals surface area contributed by atoms with Crippen LogP contribution in [0.5, 0.6) is 0 Å². The van der Waals surface area contributed by atoms with Crippen LogP contribution < -0.4 is 10.6 Å². The van der Waals surface area contributed by atoms with E-state index in [0.717, 1.165) is 5.56 Å². The van der Waals surface area contributed by atoms with Gasteiger partial charge >= 0.3 is 0 Å². The molecule has 5 nitrogen and oxygen atoms in total. The highest BCUT2D eigenvalue weighted by molar-refractivity contribution is 6.30. The Morgan fingerprint density at radius 2 is 2.05 bits per heavy atom. The van der Waals surface area contributed by atoms with Crippen molar-refractivity contribution in [3.8, 4) is 0 Å². The minimum atomic E-state index is -0.0988. The average Bonchev–Trinajstić information content (AvgIpc) is 2.45. The molecule has 0 bridgehead atoms. The quantitative estimate of drug-likeness (QED) is 0.670. The van der Waals surface area contributed by atoms with Gasteiger partial charge in [-0.05, 0) is 24.6 Å².